The number of amides is 1. The first-order valence-corrected chi connectivity index (χ1v) is 9.16. The molecule has 1 saturated carbocycles. The van der Waals surface area contributed by atoms with Crippen molar-refractivity contribution in [2.45, 2.75) is 44.1 Å². The normalized spacial score (nSPS) is 20.6. The fourth-order valence-electron chi connectivity index (χ4n) is 3.79. The molecule has 1 N–H and O–H groups in total. The predicted molar refractivity (Wildman–Crippen MR) is 96.7 cm³/mol. The predicted octanol–water partition coefficient (Wildman–Crippen LogP) is 2.78. The summed E-state index contributed by atoms with van der Waals surface area (Å²) < 4.78 is 2.02. The number of anilines is 1. The van der Waals surface area contributed by atoms with Crippen LogP contribution in [-0.4, -0.2) is 34.0 Å². The van der Waals surface area contributed by atoms with Gasteiger partial charge in [0, 0.05) is 38.4 Å². The van der Waals surface area contributed by atoms with Gasteiger partial charge in [-0.15, -0.1) is 0 Å². The molecule has 0 aromatic carbocycles. The number of aromatic nitrogens is 3. The Labute approximate surface area is 148 Å². The summed E-state index contributed by atoms with van der Waals surface area (Å²) in [5.74, 6) is 2.51. The molecule has 1 aliphatic carbocycles. The fraction of sp³-hybridized carbons (Fsp3) is 0.526. The van der Waals surface area contributed by atoms with Gasteiger partial charge in [0.15, 0.2) is 0 Å². The summed E-state index contributed by atoms with van der Waals surface area (Å²) in [7, 11) is 3.64. The summed E-state index contributed by atoms with van der Waals surface area (Å²) in [4.78, 5) is 23.7. The lowest BCUT2D eigenvalue weighted by molar-refractivity contribution is 0.0954. The van der Waals surface area contributed by atoms with Gasteiger partial charge in [-0.1, -0.05) is 0 Å². The number of nitrogens with zero attached hydrogens (tertiary/aromatic N) is 4. The Balaban J connectivity index is 1.67. The highest BCUT2D eigenvalue weighted by atomic mass is 16.1. The van der Waals surface area contributed by atoms with E-state index >= 15 is 0 Å². The van der Waals surface area contributed by atoms with Crippen LogP contribution in [0.4, 0.5) is 5.82 Å². The molecule has 0 unspecified atom stereocenters. The van der Waals surface area contributed by atoms with E-state index in [4.69, 9.17) is 4.98 Å². The topological polar surface area (TPSA) is 63.1 Å². The van der Waals surface area contributed by atoms with E-state index in [-0.39, 0.29) is 11.9 Å². The second-order valence-electron chi connectivity index (χ2n) is 7.03. The lowest BCUT2D eigenvalue weighted by Gasteiger charge is -2.37. The van der Waals surface area contributed by atoms with Gasteiger partial charge in [0.1, 0.15) is 17.3 Å². The van der Waals surface area contributed by atoms with E-state index in [1.165, 1.54) is 31.4 Å². The molecule has 1 saturated heterocycles. The molecular formula is C19H25N5O. The molecule has 2 aromatic rings. The molecule has 1 aliphatic heterocycles. The molecule has 6 nitrogen and oxygen atoms in total. The maximum atomic E-state index is 12.0. The molecule has 2 aromatic heterocycles. The maximum absolute atomic E-state index is 12.0. The number of nitrogens with one attached hydrogen (secondary N) is 1. The number of rotatable bonds is 4. The SMILES string of the molecule is CNC(=O)c1ccc([C@H]2CCCCN2c2ccnc(C3CC3)n2)n1C. The number of piperidine rings is 1. The summed E-state index contributed by atoms with van der Waals surface area (Å²) in [6.07, 6.45) is 7.75. The van der Waals surface area contributed by atoms with Gasteiger partial charge in [-0.3, -0.25) is 4.79 Å². The minimum Gasteiger partial charge on any atom is -0.354 e. The van der Waals surface area contributed by atoms with Crippen molar-refractivity contribution >= 4 is 11.7 Å². The Morgan fingerprint density at radius 1 is 1.20 bits per heavy atom. The minimum absolute atomic E-state index is 0.0471. The molecule has 2 aliphatic rings. The van der Waals surface area contributed by atoms with E-state index in [9.17, 15) is 4.79 Å². The fourth-order valence-corrected chi connectivity index (χ4v) is 3.79. The first kappa shape index (κ1) is 16.1. The molecule has 0 spiro atoms. The summed E-state index contributed by atoms with van der Waals surface area (Å²) in [5, 5.41) is 2.71. The molecule has 132 valence electrons. The van der Waals surface area contributed by atoms with Crippen LogP contribution in [0.2, 0.25) is 0 Å². The van der Waals surface area contributed by atoms with Crippen molar-refractivity contribution in [1.82, 2.24) is 19.9 Å². The van der Waals surface area contributed by atoms with Crippen molar-refractivity contribution in [3.63, 3.8) is 0 Å². The van der Waals surface area contributed by atoms with E-state index in [0.717, 1.165) is 24.6 Å². The molecule has 6 heteroatoms. The highest BCUT2D eigenvalue weighted by molar-refractivity contribution is 5.92. The Morgan fingerprint density at radius 3 is 2.80 bits per heavy atom. The zero-order valence-electron chi connectivity index (χ0n) is 14.9. The van der Waals surface area contributed by atoms with Crippen LogP contribution in [0.15, 0.2) is 24.4 Å². The molecular weight excluding hydrogens is 314 g/mol. The van der Waals surface area contributed by atoms with Gasteiger partial charge in [0.25, 0.3) is 5.91 Å². The summed E-state index contributed by atoms with van der Waals surface area (Å²) in [6, 6.07) is 6.26. The minimum atomic E-state index is -0.0471. The Bertz CT molecular complexity index is 780. The van der Waals surface area contributed by atoms with Crippen LogP contribution < -0.4 is 10.2 Å². The molecule has 4 rings (SSSR count). The Kier molecular flexibility index (Phi) is 4.19. The van der Waals surface area contributed by atoms with Crippen LogP contribution in [0, 0.1) is 0 Å². The highest BCUT2D eigenvalue weighted by Crippen LogP contribution is 2.40. The molecule has 3 heterocycles. The molecule has 0 bridgehead atoms. The quantitative estimate of drug-likeness (QED) is 0.930. The van der Waals surface area contributed by atoms with Crippen LogP contribution >= 0.6 is 0 Å². The number of carbonyl (C=O) groups is 1. The smallest absolute Gasteiger partial charge is 0.267 e. The Hall–Kier alpha value is -2.37. The van der Waals surface area contributed by atoms with E-state index in [1.807, 2.05) is 29.9 Å². The average molecular weight is 339 g/mol. The van der Waals surface area contributed by atoms with Crippen LogP contribution in [0.3, 0.4) is 0 Å². The van der Waals surface area contributed by atoms with E-state index in [0.29, 0.717) is 11.6 Å². The van der Waals surface area contributed by atoms with Crippen molar-refractivity contribution < 1.29 is 4.79 Å². The van der Waals surface area contributed by atoms with Gasteiger partial charge >= 0.3 is 0 Å². The molecule has 1 amide bonds. The second-order valence-corrected chi connectivity index (χ2v) is 7.03. The van der Waals surface area contributed by atoms with Crippen LogP contribution in [0.1, 0.15) is 66.1 Å². The first-order valence-electron chi connectivity index (χ1n) is 9.16. The van der Waals surface area contributed by atoms with Gasteiger partial charge in [-0.25, -0.2) is 9.97 Å². The number of carbonyl (C=O) groups excluding carboxylic acids is 1. The molecule has 25 heavy (non-hydrogen) atoms. The number of hydrogen-bond acceptors (Lipinski definition) is 4. The van der Waals surface area contributed by atoms with Crippen LogP contribution in [-0.2, 0) is 7.05 Å². The molecule has 1 atom stereocenters. The van der Waals surface area contributed by atoms with Crippen molar-refractivity contribution in [3.8, 4) is 0 Å². The largest absolute Gasteiger partial charge is 0.354 e. The van der Waals surface area contributed by atoms with E-state index in [2.05, 4.69) is 21.3 Å². The zero-order chi connectivity index (χ0) is 17.4. The van der Waals surface area contributed by atoms with Crippen molar-refractivity contribution in [2.75, 3.05) is 18.5 Å². The molecule has 2 fully saturated rings. The first-order chi connectivity index (χ1) is 12.2. The van der Waals surface area contributed by atoms with Gasteiger partial charge in [0.05, 0.1) is 6.04 Å². The van der Waals surface area contributed by atoms with E-state index in [1.54, 1.807) is 7.05 Å². The lowest BCUT2D eigenvalue weighted by Crippen LogP contribution is -2.35. The van der Waals surface area contributed by atoms with Gasteiger partial charge in [-0.2, -0.15) is 0 Å². The van der Waals surface area contributed by atoms with E-state index < -0.39 is 0 Å². The summed E-state index contributed by atoms with van der Waals surface area (Å²) >= 11 is 0. The summed E-state index contributed by atoms with van der Waals surface area (Å²) in [5.41, 5.74) is 1.87. The van der Waals surface area contributed by atoms with Gasteiger partial charge in [-0.05, 0) is 50.3 Å². The summed E-state index contributed by atoms with van der Waals surface area (Å²) in [6.45, 7) is 0.992. The third kappa shape index (κ3) is 3.01. The third-order valence-corrected chi connectivity index (χ3v) is 5.36. The Morgan fingerprint density at radius 2 is 2.04 bits per heavy atom. The monoisotopic (exact) mass is 339 g/mol. The van der Waals surface area contributed by atoms with Crippen molar-refractivity contribution in [3.05, 3.63) is 41.6 Å². The van der Waals surface area contributed by atoms with Gasteiger partial charge in [0.2, 0.25) is 0 Å². The second kappa shape index (κ2) is 6.50. The maximum Gasteiger partial charge on any atom is 0.267 e. The average Bonchev–Trinajstić information content (AvgIpc) is 3.44. The zero-order valence-corrected chi connectivity index (χ0v) is 14.9. The highest BCUT2D eigenvalue weighted by Gasteiger charge is 2.30. The van der Waals surface area contributed by atoms with Crippen LogP contribution in [0.25, 0.3) is 0 Å². The van der Waals surface area contributed by atoms with Crippen molar-refractivity contribution in [1.29, 1.82) is 0 Å². The molecule has 0 radical (unpaired) electrons. The van der Waals surface area contributed by atoms with Crippen LogP contribution in [0.5, 0.6) is 0 Å². The van der Waals surface area contributed by atoms with Crippen molar-refractivity contribution in [2.24, 2.45) is 7.05 Å². The van der Waals surface area contributed by atoms with Gasteiger partial charge < -0.3 is 14.8 Å². The standard InChI is InChI=1S/C19H25N5O/c1-20-19(25)16-9-8-14(23(16)2)15-5-3-4-12-24(15)17-10-11-21-18(22-17)13-6-7-13/h8-11,13,15H,3-7,12H2,1-2H3,(H,20,25)/t15-/m1/s1. The lowest BCUT2D eigenvalue weighted by atomic mass is 9.99. The number of hydrogen-bond donors (Lipinski definition) is 1. The third-order valence-electron chi connectivity index (χ3n) is 5.36.